The number of para-hydroxylation sites is 2. The van der Waals surface area contributed by atoms with Gasteiger partial charge in [0.15, 0.2) is 0 Å². The van der Waals surface area contributed by atoms with Crippen LogP contribution in [0, 0.1) is 0 Å². The second-order valence-electron chi connectivity index (χ2n) is 6.32. The van der Waals surface area contributed by atoms with Crippen molar-refractivity contribution >= 4 is 34.8 Å². The molecule has 0 aromatic heterocycles. The van der Waals surface area contributed by atoms with Gasteiger partial charge in [0.1, 0.15) is 0 Å². The second-order valence-corrected chi connectivity index (χ2v) is 6.75. The molecular formula is C23H19ClN2. The molecule has 3 aromatic carbocycles. The summed E-state index contributed by atoms with van der Waals surface area (Å²) in [6, 6.07) is 26.7. The van der Waals surface area contributed by atoms with Gasteiger partial charge in [-0.2, -0.15) is 0 Å². The molecular weight excluding hydrogens is 340 g/mol. The Morgan fingerprint density at radius 2 is 1.58 bits per heavy atom. The zero-order chi connectivity index (χ0) is 17.8. The number of aliphatic imine (C=N–C) groups is 1. The summed E-state index contributed by atoms with van der Waals surface area (Å²) in [5, 5.41) is 4.39. The average molecular weight is 359 g/mol. The zero-order valence-corrected chi connectivity index (χ0v) is 15.0. The van der Waals surface area contributed by atoms with Crippen molar-refractivity contribution in [2.75, 3.05) is 5.32 Å². The molecule has 0 aliphatic carbocycles. The van der Waals surface area contributed by atoms with Gasteiger partial charge in [-0.3, -0.25) is 4.99 Å². The van der Waals surface area contributed by atoms with Crippen LogP contribution in [0.1, 0.15) is 23.6 Å². The van der Waals surface area contributed by atoms with Gasteiger partial charge in [0.05, 0.1) is 17.4 Å². The molecule has 1 aliphatic heterocycles. The van der Waals surface area contributed by atoms with Crippen LogP contribution in [0.15, 0.2) is 89.9 Å². The number of nitrogens with zero attached hydrogens (tertiary/aromatic N) is 1. The number of fused-ring (bicyclic) bond motifs is 1. The van der Waals surface area contributed by atoms with E-state index >= 15 is 0 Å². The highest BCUT2D eigenvalue weighted by Crippen LogP contribution is 2.34. The number of hydrogen-bond donors (Lipinski definition) is 1. The van der Waals surface area contributed by atoms with Crippen molar-refractivity contribution < 1.29 is 0 Å². The van der Waals surface area contributed by atoms with Crippen molar-refractivity contribution in [2.45, 2.75) is 12.5 Å². The molecule has 0 radical (unpaired) electrons. The number of allylic oxidation sites excluding steroid dienone is 1. The number of hydrogen-bond acceptors (Lipinski definition) is 2. The van der Waals surface area contributed by atoms with E-state index in [-0.39, 0.29) is 6.04 Å². The second kappa shape index (κ2) is 7.59. The number of nitrogens with one attached hydrogen (secondary N) is 1. The van der Waals surface area contributed by atoms with Crippen LogP contribution in [0.5, 0.6) is 0 Å². The SMILES string of the molecule is Clc1ccc(/C=C/C2=Nc3ccccc3N[C@H](c3ccccc3)C2)cc1. The first kappa shape index (κ1) is 16.6. The van der Waals surface area contributed by atoms with Gasteiger partial charge in [-0.15, -0.1) is 0 Å². The quantitative estimate of drug-likeness (QED) is 0.554. The molecule has 3 aromatic rings. The van der Waals surface area contributed by atoms with E-state index in [1.54, 1.807) is 0 Å². The maximum Gasteiger partial charge on any atom is 0.0864 e. The fourth-order valence-corrected chi connectivity index (χ4v) is 3.23. The van der Waals surface area contributed by atoms with E-state index < -0.39 is 0 Å². The standard InChI is InChI=1S/C23H19ClN2/c24-19-13-10-17(11-14-19)12-15-20-16-23(18-6-2-1-3-7-18)26-22-9-5-4-8-21(22)25-20/h1-15,23,26H,16H2/b15-12+/t23-/m0/s1. The van der Waals surface area contributed by atoms with E-state index in [2.05, 4.69) is 47.8 Å². The van der Waals surface area contributed by atoms with Gasteiger partial charge >= 0.3 is 0 Å². The van der Waals surface area contributed by atoms with Crippen LogP contribution >= 0.6 is 11.6 Å². The van der Waals surface area contributed by atoms with E-state index in [0.717, 1.165) is 34.1 Å². The molecule has 1 N–H and O–H groups in total. The first-order valence-electron chi connectivity index (χ1n) is 8.70. The molecule has 1 aliphatic rings. The Morgan fingerprint density at radius 3 is 2.38 bits per heavy atom. The summed E-state index contributed by atoms with van der Waals surface area (Å²) < 4.78 is 0. The third kappa shape index (κ3) is 3.87. The largest absolute Gasteiger partial charge is 0.376 e. The highest BCUT2D eigenvalue weighted by atomic mass is 35.5. The van der Waals surface area contributed by atoms with E-state index in [1.807, 2.05) is 48.5 Å². The maximum absolute atomic E-state index is 5.97. The topological polar surface area (TPSA) is 24.4 Å². The Labute approximate surface area is 158 Å². The van der Waals surface area contributed by atoms with Crippen LogP contribution in [-0.4, -0.2) is 5.71 Å². The molecule has 26 heavy (non-hydrogen) atoms. The van der Waals surface area contributed by atoms with E-state index in [0.29, 0.717) is 0 Å². The van der Waals surface area contributed by atoms with Crippen molar-refractivity contribution in [2.24, 2.45) is 4.99 Å². The summed E-state index contributed by atoms with van der Waals surface area (Å²) in [7, 11) is 0. The van der Waals surface area contributed by atoms with E-state index in [9.17, 15) is 0 Å². The van der Waals surface area contributed by atoms with Gasteiger partial charge in [-0.25, -0.2) is 0 Å². The van der Waals surface area contributed by atoms with Crippen LogP contribution in [0.3, 0.4) is 0 Å². The minimum atomic E-state index is 0.188. The Hall–Kier alpha value is -2.84. The summed E-state index contributed by atoms with van der Waals surface area (Å²) in [6.07, 6.45) is 5.01. The first-order valence-corrected chi connectivity index (χ1v) is 9.07. The van der Waals surface area contributed by atoms with Gasteiger partial charge < -0.3 is 5.32 Å². The highest BCUT2D eigenvalue weighted by Gasteiger charge is 2.18. The fourth-order valence-electron chi connectivity index (χ4n) is 3.10. The minimum absolute atomic E-state index is 0.188. The van der Waals surface area contributed by atoms with E-state index in [4.69, 9.17) is 16.6 Å². The zero-order valence-electron chi connectivity index (χ0n) is 14.3. The van der Waals surface area contributed by atoms with Crippen LogP contribution < -0.4 is 5.32 Å². The summed E-state index contributed by atoms with van der Waals surface area (Å²) in [5.41, 5.74) is 5.46. The van der Waals surface area contributed by atoms with Crippen molar-refractivity contribution in [3.63, 3.8) is 0 Å². The van der Waals surface area contributed by atoms with Crippen LogP contribution in [0.2, 0.25) is 5.02 Å². The Kier molecular flexibility index (Phi) is 4.85. The van der Waals surface area contributed by atoms with Crippen molar-refractivity contribution in [1.82, 2.24) is 0 Å². The smallest absolute Gasteiger partial charge is 0.0864 e. The lowest BCUT2D eigenvalue weighted by Crippen LogP contribution is -2.12. The van der Waals surface area contributed by atoms with Crippen molar-refractivity contribution in [3.05, 3.63) is 101 Å². The van der Waals surface area contributed by atoms with Gasteiger partial charge in [-0.05, 0) is 41.5 Å². The molecule has 0 saturated carbocycles. The Bertz CT molecular complexity index is 943. The van der Waals surface area contributed by atoms with Crippen LogP contribution in [-0.2, 0) is 0 Å². The highest BCUT2D eigenvalue weighted by molar-refractivity contribution is 6.30. The monoisotopic (exact) mass is 358 g/mol. The fraction of sp³-hybridized carbons (Fsp3) is 0.0870. The van der Waals surface area contributed by atoms with Crippen molar-refractivity contribution in [1.29, 1.82) is 0 Å². The van der Waals surface area contributed by atoms with E-state index in [1.165, 1.54) is 5.56 Å². The third-order valence-electron chi connectivity index (χ3n) is 4.45. The summed E-state index contributed by atoms with van der Waals surface area (Å²) in [6.45, 7) is 0. The molecule has 3 heteroatoms. The molecule has 4 rings (SSSR count). The lowest BCUT2D eigenvalue weighted by molar-refractivity contribution is 0.830. The first-order chi connectivity index (χ1) is 12.8. The predicted octanol–water partition coefficient (Wildman–Crippen LogP) is 6.68. The molecule has 0 saturated heterocycles. The number of halogens is 1. The van der Waals surface area contributed by atoms with Crippen molar-refractivity contribution in [3.8, 4) is 0 Å². The number of rotatable bonds is 3. The lowest BCUT2D eigenvalue weighted by atomic mass is 10.0. The summed E-state index contributed by atoms with van der Waals surface area (Å²) >= 11 is 5.97. The number of anilines is 1. The molecule has 0 amide bonds. The molecule has 1 heterocycles. The molecule has 0 unspecified atom stereocenters. The molecule has 128 valence electrons. The molecule has 2 nitrogen and oxygen atoms in total. The normalized spacial score (nSPS) is 16.5. The minimum Gasteiger partial charge on any atom is -0.376 e. The predicted molar refractivity (Wildman–Crippen MR) is 111 cm³/mol. The van der Waals surface area contributed by atoms with Crippen LogP contribution in [0.4, 0.5) is 11.4 Å². The molecule has 1 atom stereocenters. The van der Waals surface area contributed by atoms with Gasteiger partial charge in [0.25, 0.3) is 0 Å². The van der Waals surface area contributed by atoms with Gasteiger partial charge in [0, 0.05) is 17.2 Å². The van der Waals surface area contributed by atoms with Gasteiger partial charge in [0.2, 0.25) is 0 Å². The van der Waals surface area contributed by atoms with Crippen LogP contribution in [0.25, 0.3) is 6.08 Å². The summed E-state index contributed by atoms with van der Waals surface area (Å²) in [5.74, 6) is 0. The third-order valence-corrected chi connectivity index (χ3v) is 4.70. The molecule has 0 fully saturated rings. The maximum atomic E-state index is 5.97. The Morgan fingerprint density at radius 1 is 0.846 bits per heavy atom. The molecule has 0 spiro atoms. The lowest BCUT2D eigenvalue weighted by Gasteiger charge is -2.18. The molecule has 0 bridgehead atoms. The Balaban J connectivity index is 1.67. The summed E-state index contributed by atoms with van der Waals surface area (Å²) in [4.78, 5) is 4.89. The number of benzene rings is 3. The van der Waals surface area contributed by atoms with Gasteiger partial charge in [-0.1, -0.05) is 72.3 Å². The average Bonchev–Trinajstić information content (AvgIpc) is 2.87.